The number of nitrogens with zero attached hydrogens (tertiary/aromatic N) is 2. The maximum Gasteiger partial charge on any atom is 0.246 e. The summed E-state index contributed by atoms with van der Waals surface area (Å²) in [7, 11) is 0. The summed E-state index contributed by atoms with van der Waals surface area (Å²) in [5, 5.41) is 10.8. The van der Waals surface area contributed by atoms with Crippen molar-refractivity contribution in [2.45, 2.75) is 32.8 Å². The number of aliphatic hydroxyl groups is 1. The van der Waals surface area contributed by atoms with Gasteiger partial charge in [-0.3, -0.25) is 4.79 Å². The first-order chi connectivity index (χ1) is 10.9. The lowest BCUT2D eigenvalue weighted by Gasteiger charge is -2.29. The second-order valence-corrected chi connectivity index (χ2v) is 7.99. The summed E-state index contributed by atoms with van der Waals surface area (Å²) in [6.45, 7) is 5.47. The lowest BCUT2D eigenvalue weighted by atomic mass is 9.87. The molecule has 2 heterocycles. The van der Waals surface area contributed by atoms with Crippen LogP contribution < -0.4 is 0 Å². The van der Waals surface area contributed by atoms with Crippen molar-refractivity contribution in [1.82, 2.24) is 9.88 Å². The number of aliphatic hydroxyl groups excluding tert-OH is 1. The Morgan fingerprint density at radius 2 is 2.22 bits per heavy atom. The summed E-state index contributed by atoms with van der Waals surface area (Å²) in [5.74, 6) is -0.00793. The Morgan fingerprint density at radius 3 is 3.00 bits per heavy atom. The minimum Gasteiger partial charge on any atom is -0.393 e. The van der Waals surface area contributed by atoms with E-state index in [1.165, 1.54) is 0 Å². The van der Waals surface area contributed by atoms with Gasteiger partial charge in [0.1, 0.15) is 5.01 Å². The van der Waals surface area contributed by atoms with Gasteiger partial charge in [-0.25, -0.2) is 4.98 Å². The summed E-state index contributed by atoms with van der Waals surface area (Å²) in [6, 6.07) is 7.96. The number of likely N-dealkylation sites (tertiary alicyclic amines) is 1. The van der Waals surface area contributed by atoms with Crippen LogP contribution in [-0.2, 0) is 4.79 Å². The van der Waals surface area contributed by atoms with Gasteiger partial charge in [0.2, 0.25) is 5.91 Å². The van der Waals surface area contributed by atoms with E-state index in [0.29, 0.717) is 19.5 Å². The van der Waals surface area contributed by atoms with E-state index in [1.807, 2.05) is 29.2 Å². The molecule has 1 amide bonds. The van der Waals surface area contributed by atoms with Crippen molar-refractivity contribution >= 4 is 33.5 Å². The minimum atomic E-state index is -0.323. The van der Waals surface area contributed by atoms with Gasteiger partial charge in [0.05, 0.1) is 16.3 Å². The first kappa shape index (κ1) is 16.1. The van der Waals surface area contributed by atoms with E-state index in [1.54, 1.807) is 23.5 Å². The van der Waals surface area contributed by atoms with Gasteiger partial charge in [0.25, 0.3) is 0 Å². The summed E-state index contributed by atoms with van der Waals surface area (Å²) in [6.07, 6.45) is 4.45. The topological polar surface area (TPSA) is 53.4 Å². The van der Waals surface area contributed by atoms with Crippen molar-refractivity contribution in [2.24, 2.45) is 5.41 Å². The van der Waals surface area contributed by atoms with E-state index in [2.05, 4.69) is 18.8 Å². The molecule has 1 atom stereocenters. The van der Waals surface area contributed by atoms with Crippen LogP contribution in [0, 0.1) is 5.41 Å². The van der Waals surface area contributed by atoms with Crippen LogP contribution in [0.25, 0.3) is 16.3 Å². The molecule has 1 fully saturated rings. The number of hydrogen-bond acceptors (Lipinski definition) is 4. The Kier molecular flexibility index (Phi) is 4.50. The Labute approximate surface area is 140 Å². The maximum atomic E-state index is 12.5. The van der Waals surface area contributed by atoms with Crippen LogP contribution in [0.1, 0.15) is 31.7 Å². The van der Waals surface area contributed by atoms with Crippen molar-refractivity contribution in [3.63, 3.8) is 0 Å². The van der Waals surface area contributed by atoms with Gasteiger partial charge >= 0.3 is 0 Å². The van der Waals surface area contributed by atoms with Crippen LogP contribution in [0.3, 0.4) is 0 Å². The number of amides is 1. The Balaban J connectivity index is 1.72. The van der Waals surface area contributed by atoms with Gasteiger partial charge in [-0.15, -0.1) is 11.3 Å². The van der Waals surface area contributed by atoms with Crippen LogP contribution >= 0.6 is 11.3 Å². The monoisotopic (exact) mass is 330 g/mol. The van der Waals surface area contributed by atoms with E-state index >= 15 is 0 Å². The molecule has 0 saturated carbocycles. The summed E-state index contributed by atoms with van der Waals surface area (Å²) in [4.78, 5) is 18.8. The van der Waals surface area contributed by atoms with Gasteiger partial charge in [-0.05, 0) is 36.5 Å². The molecular weight excluding hydrogens is 308 g/mol. The first-order valence-electron chi connectivity index (χ1n) is 7.94. The number of thiazole rings is 1. The molecule has 0 spiro atoms. The smallest absolute Gasteiger partial charge is 0.246 e. The van der Waals surface area contributed by atoms with Crippen LogP contribution in [0.15, 0.2) is 30.3 Å². The molecule has 1 saturated heterocycles. The molecule has 1 aromatic carbocycles. The molecule has 23 heavy (non-hydrogen) atoms. The number of fused-ring (bicyclic) bond motifs is 1. The van der Waals surface area contributed by atoms with Crippen LogP contribution in [0.5, 0.6) is 0 Å². The zero-order chi connectivity index (χ0) is 16.4. The number of para-hydroxylation sites is 1. The predicted molar refractivity (Wildman–Crippen MR) is 94.3 cm³/mol. The summed E-state index contributed by atoms with van der Waals surface area (Å²) >= 11 is 1.58. The number of aromatic nitrogens is 1. The van der Waals surface area contributed by atoms with Gasteiger partial charge in [0.15, 0.2) is 0 Å². The molecule has 1 N–H and O–H groups in total. The van der Waals surface area contributed by atoms with Crippen molar-refractivity contribution in [2.75, 3.05) is 13.1 Å². The second-order valence-electron chi connectivity index (χ2n) is 6.92. The number of rotatable bonds is 2. The summed E-state index contributed by atoms with van der Waals surface area (Å²) < 4.78 is 1.12. The minimum absolute atomic E-state index is 0.00793. The lowest BCUT2D eigenvalue weighted by molar-refractivity contribution is -0.127. The fourth-order valence-electron chi connectivity index (χ4n) is 3.10. The molecule has 0 radical (unpaired) electrons. The number of hydrogen-bond donors (Lipinski definition) is 1. The highest BCUT2D eigenvalue weighted by Gasteiger charge is 2.30. The zero-order valence-electron chi connectivity index (χ0n) is 13.5. The fourth-order valence-corrected chi connectivity index (χ4v) is 3.97. The highest BCUT2D eigenvalue weighted by atomic mass is 32.1. The Hall–Kier alpha value is -1.72. The van der Waals surface area contributed by atoms with E-state index in [-0.39, 0.29) is 17.4 Å². The lowest BCUT2D eigenvalue weighted by Crippen LogP contribution is -2.36. The molecular formula is C18H22N2O2S. The van der Waals surface area contributed by atoms with Crippen molar-refractivity contribution in [1.29, 1.82) is 0 Å². The first-order valence-corrected chi connectivity index (χ1v) is 8.75. The maximum absolute atomic E-state index is 12.5. The van der Waals surface area contributed by atoms with Gasteiger partial charge in [0, 0.05) is 19.2 Å². The van der Waals surface area contributed by atoms with E-state index in [4.69, 9.17) is 0 Å². The normalized spacial score (nSPS) is 21.7. The Morgan fingerprint density at radius 1 is 1.43 bits per heavy atom. The predicted octanol–water partition coefficient (Wildman–Crippen LogP) is 3.32. The molecule has 2 aromatic rings. The van der Waals surface area contributed by atoms with E-state index < -0.39 is 0 Å². The molecule has 3 rings (SSSR count). The highest BCUT2D eigenvalue weighted by molar-refractivity contribution is 7.19. The molecule has 0 aliphatic carbocycles. The molecule has 5 heteroatoms. The van der Waals surface area contributed by atoms with Gasteiger partial charge in [-0.1, -0.05) is 26.0 Å². The van der Waals surface area contributed by atoms with E-state index in [0.717, 1.165) is 21.6 Å². The third-order valence-electron chi connectivity index (χ3n) is 4.13. The zero-order valence-corrected chi connectivity index (χ0v) is 14.3. The van der Waals surface area contributed by atoms with Crippen LogP contribution in [-0.4, -0.2) is 40.1 Å². The number of carbonyl (C=O) groups excluding carboxylic acids is 1. The second kappa shape index (κ2) is 6.42. The molecule has 4 nitrogen and oxygen atoms in total. The van der Waals surface area contributed by atoms with Gasteiger partial charge < -0.3 is 10.0 Å². The fraction of sp³-hybridized carbons (Fsp3) is 0.444. The average molecular weight is 330 g/mol. The third-order valence-corrected chi connectivity index (χ3v) is 5.13. The largest absolute Gasteiger partial charge is 0.393 e. The molecule has 1 aromatic heterocycles. The molecule has 1 aliphatic heterocycles. The van der Waals surface area contributed by atoms with E-state index in [9.17, 15) is 9.90 Å². The third kappa shape index (κ3) is 3.98. The number of benzene rings is 1. The average Bonchev–Trinajstić information content (AvgIpc) is 2.84. The standard InChI is InChI=1S/C18H22N2O2S/c1-18(2)11-13(21)9-10-20(12-18)17(22)8-7-16-19-14-5-3-4-6-15(14)23-16/h3-8,13,21H,9-12H2,1-2H3. The molecule has 122 valence electrons. The van der Waals surface area contributed by atoms with Crippen molar-refractivity contribution < 1.29 is 9.90 Å². The summed E-state index contributed by atoms with van der Waals surface area (Å²) in [5.41, 5.74) is 0.901. The van der Waals surface area contributed by atoms with Crippen molar-refractivity contribution in [3.05, 3.63) is 35.3 Å². The quantitative estimate of drug-likeness (QED) is 0.860. The van der Waals surface area contributed by atoms with Crippen LogP contribution in [0.4, 0.5) is 0 Å². The molecule has 0 bridgehead atoms. The van der Waals surface area contributed by atoms with Crippen LogP contribution in [0.2, 0.25) is 0 Å². The molecule has 1 unspecified atom stereocenters. The van der Waals surface area contributed by atoms with Gasteiger partial charge in [-0.2, -0.15) is 0 Å². The van der Waals surface area contributed by atoms with Crippen molar-refractivity contribution in [3.8, 4) is 0 Å². The number of carbonyl (C=O) groups is 1. The SMILES string of the molecule is CC1(C)CC(O)CCN(C(=O)C=Cc2nc3ccccc3s2)C1. The Bertz CT molecular complexity index is 702. The molecule has 1 aliphatic rings. The highest BCUT2D eigenvalue weighted by Crippen LogP contribution is 2.28.